The molecule has 0 spiro atoms. The summed E-state index contributed by atoms with van der Waals surface area (Å²) in [7, 11) is -2.33. The van der Waals surface area contributed by atoms with E-state index >= 15 is 0 Å². The van der Waals surface area contributed by atoms with Crippen LogP contribution in [0, 0.1) is 0 Å². The van der Waals surface area contributed by atoms with Crippen molar-refractivity contribution in [3.8, 4) is 22.3 Å². The molecule has 7 rings (SSSR count). The second-order valence-corrected chi connectivity index (χ2v) is 21.3. The van der Waals surface area contributed by atoms with Crippen molar-refractivity contribution in [3.63, 3.8) is 0 Å². The quantitative estimate of drug-likeness (QED) is 0.188. The third kappa shape index (κ3) is 3.57. The molecule has 2 atom stereocenters. The van der Waals surface area contributed by atoms with Gasteiger partial charge in [0.2, 0.25) is 0 Å². The van der Waals surface area contributed by atoms with E-state index in [9.17, 15) is 9.59 Å². The standard InChI is InChI=1S/C28H22Si.2C4H6O2.Ti/c1-29(2,27-15-7-13-23-21-11-5-3-9-19(21)17-25(23)27)28-16-8-14-24-22-12-6-4-10-20(22)18-26(24)28;2*1-3(2)4(5)6;/h3-18H,1-2H3;2*1H2,2H3,(H,5,6);/q;;;+2/p-2. The van der Waals surface area contributed by atoms with Gasteiger partial charge in [0.25, 0.3) is 0 Å². The predicted molar refractivity (Wildman–Crippen MR) is 166 cm³/mol. The zero-order chi connectivity index (χ0) is 29.6. The molecule has 1 heterocycles. The molecule has 42 heavy (non-hydrogen) atoms. The fourth-order valence-corrected chi connectivity index (χ4v) is 18.3. The van der Waals surface area contributed by atoms with E-state index in [-0.39, 0.29) is 19.6 Å². The topological polar surface area (TPSA) is 52.6 Å². The Bertz CT molecular complexity index is 1750. The summed E-state index contributed by atoms with van der Waals surface area (Å²) in [5.41, 5.74) is 9.45. The molecule has 2 aliphatic carbocycles. The zero-order valence-electron chi connectivity index (χ0n) is 24.3. The number of fused-ring (bicyclic) bond motifs is 6. The Morgan fingerprint density at radius 2 is 1.00 bits per heavy atom. The fourth-order valence-electron chi connectivity index (χ4n) is 7.48. The normalized spacial score (nSPS) is 19.2. The van der Waals surface area contributed by atoms with Gasteiger partial charge in [-0.15, -0.1) is 0 Å². The molecule has 0 saturated heterocycles. The summed E-state index contributed by atoms with van der Waals surface area (Å²) in [6, 6.07) is 29.8. The minimum absolute atomic E-state index is 0.280. The van der Waals surface area contributed by atoms with Gasteiger partial charge >= 0.3 is 253 Å². The van der Waals surface area contributed by atoms with Crippen LogP contribution in [0.25, 0.3) is 22.3 Å². The molecule has 0 fully saturated rings. The van der Waals surface area contributed by atoms with Crippen molar-refractivity contribution in [2.24, 2.45) is 0 Å². The van der Waals surface area contributed by atoms with Gasteiger partial charge in [-0.1, -0.05) is 0 Å². The number of rotatable bonds is 4. The van der Waals surface area contributed by atoms with Gasteiger partial charge in [0.1, 0.15) is 0 Å². The molecule has 1 aliphatic heterocycles. The van der Waals surface area contributed by atoms with Gasteiger partial charge in [-0.05, 0) is 0 Å². The molecule has 0 bridgehead atoms. The van der Waals surface area contributed by atoms with Crippen LogP contribution in [-0.2, 0) is 33.6 Å². The molecule has 6 heteroatoms. The Morgan fingerprint density at radius 1 is 0.619 bits per heavy atom. The molecule has 0 amide bonds. The minimum atomic E-state index is -4.84. The third-order valence-electron chi connectivity index (χ3n) is 9.27. The van der Waals surface area contributed by atoms with Gasteiger partial charge in [-0.25, -0.2) is 0 Å². The molecule has 4 nitrogen and oxygen atoms in total. The van der Waals surface area contributed by atoms with E-state index in [1.807, 2.05) is 24.3 Å². The first-order chi connectivity index (χ1) is 20.1. The van der Waals surface area contributed by atoms with E-state index in [1.54, 1.807) is 13.8 Å². The van der Waals surface area contributed by atoms with Gasteiger partial charge in [0.05, 0.1) is 0 Å². The molecule has 4 aromatic carbocycles. The fraction of sp³-hybridized carbons (Fsp3) is 0.167. The summed E-state index contributed by atoms with van der Waals surface area (Å²) in [6.07, 6.45) is 0. The number of benzene rings is 4. The van der Waals surface area contributed by atoms with E-state index < -0.39 is 37.4 Å². The number of carbonyl (C=O) groups is 2. The Hall–Kier alpha value is -3.77. The van der Waals surface area contributed by atoms with Crippen LogP contribution in [0.15, 0.2) is 109 Å². The summed E-state index contributed by atoms with van der Waals surface area (Å²) in [4.78, 5) is 27.6. The van der Waals surface area contributed by atoms with E-state index in [0.717, 1.165) is 44.5 Å². The Kier molecular flexibility index (Phi) is 6.04. The van der Waals surface area contributed by atoms with Crippen molar-refractivity contribution in [3.05, 3.63) is 131 Å². The van der Waals surface area contributed by atoms with E-state index in [1.165, 1.54) is 10.4 Å². The zero-order valence-corrected chi connectivity index (χ0v) is 26.8. The van der Waals surface area contributed by atoms with Crippen molar-refractivity contribution in [1.82, 2.24) is 0 Å². The molecule has 0 N–H and O–H groups in total. The van der Waals surface area contributed by atoms with Crippen LogP contribution in [0.3, 0.4) is 0 Å². The third-order valence-corrected chi connectivity index (χ3v) is 18.8. The summed E-state index contributed by atoms with van der Waals surface area (Å²) < 4.78 is 12.9. The van der Waals surface area contributed by atoms with Crippen LogP contribution in [0.2, 0.25) is 13.1 Å². The summed E-state index contributed by atoms with van der Waals surface area (Å²) >= 11 is -4.84. The van der Waals surface area contributed by atoms with E-state index in [4.69, 9.17) is 6.64 Å². The predicted octanol–water partition coefficient (Wildman–Crippen LogP) is 6.88. The molecule has 3 aliphatic rings. The van der Waals surface area contributed by atoms with Gasteiger partial charge in [0.15, 0.2) is 0 Å². The molecule has 2 unspecified atom stereocenters. The molecule has 208 valence electrons. The van der Waals surface area contributed by atoms with Crippen LogP contribution < -0.4 is 10.4 Å². The van der Waals surface area contributed by atoms with Gasteiger partial charge in [-0.3, -0.25) is 0 Å². The van der Waals surface area contributed by atoms with Crippen molar-refractivity contribution in [2.45, 2.75) is 35.4 Å². The maximum absolute atomic E-state index is 13.8. The first-order valence-corrected chi connectivity index (χ1v) is 20.4. The van der Waals surface area contributed by atoms with Gasteiger partial charge in [-0.2, -0.15) is 0 Å². The van der Waals surface area contributed by atoms with Crippen LogP contribution in [0.4, 0.5) is 0 Å². The summed E-state index contributed by atoms with van der Waals surface area (Å²) in [6.45, 7) is 16.0. The Morgan fingerprint density at radius 3 is 1.40 bits per heavy atom. The van der Waals surface area contributed by atoms with E-state index in [0.29, 0.717) is 0 Å². The molecule has 4 aromatic rings. The van der Waals surface area contributed by atoms with Crippen molar-refractivity contribution >= 4 is 30.4 Å². The first-order valence-electron chi connectivity index (χ1n) is 14.3. The monoisotopic (exact) mass is 604 g/mol. The number of carbonyl (C=O) groups excluding carboxylic acids is 2. The second-order valence-electron chi connectivity index (χ2n) is 12.3. The first kappa shape index (κ1) is 27.1. The van der Waals surface area contributed by atoms with Gasteiger partial charge < -0.3 is 0 Å². The molecule has 0 saturated carbocycles. The number of hydrogen-bond acceptors (Lipinski definition) is 4. The van der Waals surface area contributed by atoms with Crippen LogP contribution in [0.5, 0.6) is 0 Å². The van der Waals surface area contributed by atoms with Gasteiger partial charge in [0, 0.05) is 0 Å². The van der Waals surface area contributed by atoms with Crippen LogP contribution in [0.1, 0.15) is 44.5 Å². The molecular weight excluding hydrogens is 572 g/mol. The van der Waals surface area contributed by atoms with Crippen LogP contribution >= 0.6 is 0 Å². The van der Waals surface area contributed by atoms with Crippen molar-refractivity contribution in [1.29, 1.82) is 0 Å². The Balaban J connectivity index is 1.71. The number of hydrogen-bond donors (Lipinski definition) is 0. The van der Waals surface area contributed by atoms with Crippen molar-refractivity contribution in [2.75, 3.05) is 0 Å². The average molecular weight is 605 g/mol. The molecular formula is C36H32O4SiTi. The SMILES string of the molecule is C=C(C)C(=O)[O][Ti]1([O]C(=O)C(=C)C)[CH]2c3ccccc3-c3cccc(c32)[Si](C)(C)c2cccc3c2[CH]1c1ccccc1-3. The summed E-state index contributed by atoms with van der Waals surface area (Å²) in [5, 5.41) is 2.58. The van der Waals surface area contributed by atoms with Crippen molar-refractivity contribution < 1.29 is 33.6 Å². The van der Waals surface area contributed by atoms with Crippen LogP contribution in [-0.4, -0.2) is 20.0 Å². The van der Waals surface area contributed by atoms with E-state index in [2.05, 4.69) is 86.9 Å². The Labute approximate surface area is 252 Å². The molecule has 0 radical (unpaired) electrons. The second kappa shape index (κ2) is 9.37. The average Bonchev–Trinajstić information content (AvgIpc) is 3.50. The summed E-state index contributed by atoms with van der Waals surface area (Å²) in [5.74, 6) is -1.04. The maximum atomic E-state index is 13.8. The molecule has 0 aromatic heterocycles.